The molecule has 3 aromatic rings. The van der Waals surface area contributed by atoms with Crippen LogP contribution in [-0.2, 0) is 7.05 Å². The maximum atomic E-state index is 11.2. The number of fused-ring (bicyclic) bond motifs is 1. The Bertz CT molecular complexity index is 928. The molecule has 26 heavy (non-hydrogen) atoms. The van der Waals surface area contributed by atoms with Crippen molar-refractivity contribution < 1.29 is 9.53 Å². The zero-order valence-electron chi connectivity index (χ0n) is 14.6. The zero-order valence-corrected chi connectivity index (χ0v) is 15.3. The normalized spacial score (nSPS) is 15.4. The first-order valence-corrected chi connectivity index (χ1v) is 9.10. The van der Waals surface area contributed by atoms with Crippen molar-refractivity contribution >= 4 is 34.6 Å². The van der Waals surface area contributed by atoms with Crippen LogP contribution in [0.25, 0.3) is 11.0 Å². The fourth-order valence-electron chi connectivity index (χ4n) is 3.53. The van der Waals surface area contributed by atoms with Crippen LogP contribution in [0.1, 0.15) is 23.3 Å². The Labute approximate surface area is 157 Å². The number of rotatable bonds is 4. The molecule has 0 aliphatic carbocycles. The number of anilines is 1. The molecule has 0 N–H and O–H groups in total. The largest absolute Gasteiger partial charge is 0.490 e. The number of aryl methyl sites for hydroxylation is 1. The van der Waals surface area contributed by atoms with Crippen LogP contribution < -0.4 is 9.64 Å². The number of ether oxygens (including phenoxy) is 1. The number of piperidine rings is 1. The fourth-order valence-corrected chi connectivity index (χ4v) is 3.66. The summed E-state index contributed by atoms with van der Waals surface area (Å²) in [5.74, 6) is 0.859. The molecule has 0 bridgehead atoms. The van der Waals surface area contributed by atoms with Gasteiger partial charge < -0.3 is 14.2 Å². The van der Waals surface area contributed by atoms with Gasteiger partial charge in [0.15, 0.2) is 6.29 Å². The first-order valence-electron chi connectivity index (χ1n) is 8.72. The fraction of sp³-hybridized carbons (Fsp3) is 0.300. The number of carbonyl (C=O) groups excluding carboxylic acids is 1. The molecule has 0 saturated carbocycles. The average Bonchev–Trinajstić information content (AvgIpc) is 3.00. The van der Waals surface area contributed by atoms with Gasteiger partial charge in [0.25, 0.3) is 0 Å². The van der Waals surface area contributed by atoms with E-state index >= 15 is 0 Å². The van der Waals surface area contributed by atoms with Crippen LogP contribution >= 0.6 is 11.6 Å². The minimum absolute atomic E-state index is 0.200. The topological polar surface area (TPSA) is 47.4 Å². The minimum Gasteiger partial charge on any atom is -0.490 e. The standard InChI is InChI=1S/C20H20ClN3O2/c1-23-15(13-25)12-18-19(6-9-22-20(18)23)24-10-7-17(8-11-24)26-16-4-2-14(21)3-5-16/h2-6,9,12-13,17H,7-8,10-11H2,1H3. The Morgan fingerprint density at radius 2 is 1.92 bits per heavy atom. The smallest absolute Gasteiger partial charge is 0.166 e. The molecule has 1 fully saturated rings. The summed E-state index contributed by atoms with van der Waals surface area (Å²) in [6.45, 7) is 1.81. The molecule has 5 nitrogen and oxygen atoms in total. The molecular weight excluding hydrogens is 350 g/mol. The molecule has 3 heterocycles. The van der Waals surface area contributed by atoms with Gasteiger partial charge in [0.2, 0.25) is 0 Å². The highest BCUT2D eigenvalue weighted by atomic mass is 35.5. The Kier molecular flexibility index (Phi) is 4.55. The van der Waals surface area contributed by atoms with E-state index < -0.39 is 0 Å². The average molecular weight is 370 g/mol. The number of benzene rings is 1. The number of aldehydes is 1. The van der Waals surface area contributed by atoms with Crippen molar-refractivity contribution in [3.63, 3.8) is 0 Å². The van der Waals surface area contributed by atoms with Crippen molar-refractivity contribution in [3.8, 4) is 5.75 Å². The molecular formula is C20H20ClN3O2. The highest BCUT2D eigenvalue weighted by molar-refractivity contribution is 6.30. The maximum Gasteiger partial charge on any atom is 0.166 e. The molecule has 0 amide bonds. The molecule has 0 radical (unpaired) electrons. The highest BCUT2D eigenvalue weighted by Gasteiger charge is 2.23. The number of nitrogens with zero attached hydrogens (tertiary/aromatic N) is 3. The third kappa shape index (κ3) is 3.15. The Morgan fingerprint density at radius 1 is 1.19 bits per heavy atom. The highest BCUT2D eigenvalue weighted by Crippen LogP contribution is 2.30. The molecule has 2 aromatic heterocycles. The van der Waals surface area contributed by atoms with Crippen molar-refractivity contribution in [1.82, 2.24) is 9.55 Å². The van der Waals surface area contributed by atoms with Crippen molar-refractivity contribution in [2.75, 3.05) is 18.0 Å². The number of hydrogen-bond acceptors (Lipinski definition) is 4. The Hall–Kier alpha value is -2.53. The van der Waals surface area contributed by atoms with Gasteiger partial charge in [-0.3, -0.25) is 4.79 Å². The van der Waals surface area contributed by atoms with E-state index in [4.69, 9.17) is 16.3 Å². The second kappa shape index (κ2) is 7.00. The maximum absolute atomic E-state index is 11.2. The first kappa shape index (κ1) is 16.9. The Balaban J connectivity index is 1.49. The van der Waals surface area contributed by atoms with Crippen LogP contribution in [0.2, 0.25) is 5.02 Å². The third-order valence-electron chi connectivity index (χ3n) is 4.96. The lowest BCUT2D eigenvalue weighted by Crippen LogP contribution is -2.38. The van der Waals surface area contributed by atoms with Gasteiger partial charge >= 0.3 is 0 Å². The molecule has 6 heteroatoms. The lowest BCUT2D eigenvalue weighted by atomic mass is 10.1. The lowest BCUT2D eigenvalue weighted by molar-refractivity contribution is 0.111. The van der Waals surface area contributed by atoms with Crippen LogP contribution in [0.3, 0.4) is 0 Å². The van der Waals surface area contributed by atoms with E-state index in [2.05, 4.69) is 9.88 Å². The number of aromatic nitrogens is 2. The predicted octanol–water partition coefficient (Wildman–Crippen LogP) is 4.09. The second-order valence-electron chi connectivity index (χ2n) is 6.57. The molecule has 134 valence electrons. The van der Waals surface area contributed by atoms with Gasteiger partial charge in [-0.1, -0.05) is 11.6 Å². The van der Waals surface area contributed by atoms with E-state index in [1.807, 2.05) is 54.2 Å². The van der Waals surface area contributed by atoms with Crippen LogP contribution in [0, 0.1) is 0 Å². The molecule has 4 rings (SSSR count). The van der Waals surface area contributed by atoms with Crippen LogP contribution in [0.5, 0.6) is 5.75 Å². The zero-order chi connectivity index (χ0) is 18.1. The molecule has 1 aromatic carbocycles. The van der Waals surface area contributed by atoms with E-state index in [0.717, 1.165) is 54.7 Å². The van der Waals surface area contributed by atoms with Gasteiger partial charge in [0, 0.05) is 55.3 Å². The molecule has 0 unspecified atom stereocenters. The monoisotopic (exact) mass is 369 g/mol. The van der Waals surface area contributed by atoms with E-state index in [9.17, 15) is 4.79 Å². The number of pyridine rings is 1. The van der Waals surface area contributed by atoms with E-state index in [1.54, 1.807) is 0 Å². The molecule has 0 spiro atoms. The van der Waals surface area contributed by atoms with Crippen molar-refractivity contribution in [3.05, 3.63) is 53.3 Å². The van der Waals surface area contributed by atoms with Crippen molar-refractivity contribution in [2.24, 2.45) is 7.05 Å². The van der Waals surface area contributed by atoms with Crippen LogP contribution in [0.4, 0.5) is 5.69 Å². The number of hydrogen-bond donors (Lipinski definition) is 0. The Morgan fingerprint density at radius 3 is 2.62 bits per heavy atom. The minimum atomic E-state index is 0.200. The summed E-state index contributed by atoms with van der Waals surface area (Å²) in [6.07, 6.45) is 4.77. The summed E-state index contributed by atoms with van der Waals surface area (Å²) in [4.78, 5) is 18.0. The number of carbonyl (C=O) groups is 1. The van der Waals surface area contributed by atoms with E-state index in [1.165, 1.54) is 0 Å². The predicted molar refractivity (Wildman–Crippen MR) is 103 cm³/mol. The third-order valence-corrected chi connectivity index (χ3v) is 5.22. The van der Waals surface area contributed by atoms with Gasteiger partial charge in [0.05, 0.1) is 5.69 Å². The van der Waals surface area contributed by atoms with Crippen LogP contribution in [-0.4, -0.2) is 35.0 Å². The SMILES string of the molecule is Cn1c(C=O)cc2c(N3CCC(Oc4ccc(Cl)cc4)CC3)ccnc21. The van der Waals surface area contributed by atoms with Gasteiger partial charge in [-0.15, -0.1) is 0 Å². The van der Waals surface area contributed by atoms with Gasteiger partial charge in [-0.25, -0.2) is 4.98 Å². The van der Waals surface area contributed by atoms with Gasteiger partial charge in [-0.05, 0) is 36.4 Å². The van der Waals surface area contributed by atoms with Crippen LogP contribution in [0.15, 0.2) is 42.6 Å². The van der Waals surface area contributed by atoms with E-state index in [-0.39, 0.29) is 6.10 Å². The van der Waals surface area contributed by atoms with Gasteiger partial charge in [-0.2, -0.15) is 0 Å². The second-order valence-corrected chi connectivity index (χ2v) is 7.01. The summed E-state index contributed by atoms with van der Waals surface area (Å²) in [6, 6.07) is 11.5. The molecule has 1 saturated heterocycles. The summed E-state index contributed by atoms with van der Waals surface area (Å²) < 4.78 is 7.91. The quantitative estimate of drug-likeness (QED) is 0.650. The lowest BCUT2D eigenvalue weighted by Gasteiger charge is -2.34. The summed E-state index contributed by atoms with van der Waals surface area (Å²) in [5.41, 5.74) is 2.61. The first-order chi connectivity index (χ1) is 12.7. The number of halogens is 1. The summed E-state index contributed by atoms with van der Waals surface area (Å²) in [7, 11) is 1.87. The molecule has 0 atom stereocenters. The van der Waals surface area contributed by atoms with Crippen molar-refractivity contribution in [1.29, 1.82) is 0 Å². The van der Waals surface area contributed by atoms with E-state index in [0.29, 0.717) is 10.7 Å². The van der Waals surface area contributed by atoms with Crippen molar-refractivity contribution in [2.45, 2.75) is 18.9 Å². The van der Waals surface area contributed by atoms with Gasteiger partial charge in [0.1, 0.15) is 17.5 Å². The molecule has 1 aliphatic heterocycles. The summed E-state index contributed by atoms with van der Waals surface area (Å²) >= 11 is 5.92. The molecule has 1 aliphatic rings. The summed E-state index contributed by atoms with van der Waals surface area (Å²) in [5, 5.41) is 1.74.